The number of nitriles is 1. The van der Waals surface area contributed by atoms with Crippen molar-refractivity contribution in [3.05, 3.63) is 42.6 Å². The monoisotopic (exact) mass is 238 g/mol. The van der Waals surface area contributed by atoms with Gasteiger partial charge in [0.15, 0.2) is 0 Å². The molecule has 2 rings (SSSR count). The van der Waals surface area contributed by atoms with Crippen molar-refractivity contribution in [1.82, 2.24) is 15.0 Å². The number of hydrogen-bond acceptors (Lipinski definition) is 4. The predicted molar refractivity (Wildman–Crippen MR) is 68.5 cm³/mol. The number of rotatable bonds is 3. The van der Waals surface area contributed by atoms with E-state index in [0.717, 1.165) is 11.3 Å². The van der Waals surface area contributed by atoms with E-state index in [1.165, 1.54) is 0 Å². The van der Waals surface area contributed by atoms with Crippen LogP contribution in [-0.2, 0) is 0 Å². The Morgan fingerprint density at radius 2 is 1.83 bits per heavy atom. The lowest BCUT2D eigenvalue weighted by molar-refractivity contribution is 0.562. The Kier molecular flexibility index (Phi) is 3.63. The maximum atomic E-state index is 9.17. The van der Waals surface area contributed by atoms with Crippen molar-refractivity contribution in [1.29, 1.82) is 5.26 Å². The van der Waals surface area contributed by atoms with Crippen LogP contribution in [0.15, 0.2) is 36.8 Å². The van der Waals surface area contributed by atoms with E-state index in [4.69, 9.17) is 0 Å². The molecular weight excluding hydrogens is 224 g/mol. The lowest BCUT2D eigenvalue weighted by atomic mass is 9.96. The largest absolute Gasteiger partial charge is 0.265 e. The van der Waals surface area contributed by atoms with E-state index in [1.807, 2.05) is 32.0 Å². The van der Waals surface area contributed by atoms with Gasteiger partial charge >= 0.3 is 0 Å². The Labute approximate surface area is 106 Å². The van der Waals surface area contributed by atoms with Gasteiger partial charge in [-0.15, -0.1) is 0 Å². The number of aromatic nitrogens is 3. The van der Waals surface area contributed by atoms with Crippen molar-refractivity contribution in [3.63, 3.8) is 0 Å². The predicted octanol–water partition coefficient (Wildman–Crippen LogP) is 2.80. The fraction of sp³-hybridized carbons (Fsp3) is 0.286. The Morgan fingerprint density at radius 1 is 1.11 bits per heavy atom. The molecule has 0 spiro atoms. The van der Waals surface area contributed by atoms with Crippen molar-refractivity contribution in [3.8, 4) is 17.3 Å². The van der Waals surface area contributed by atoms with Crippen molar-refractivity contribution in [2.75, 3.05) is 0 Å². The van der Waals surface area contributed by atoms with Crippen LogP contribution >= 0.6 is 0 Å². The topological polar surface area (TPSA) is 62.5 Å². The van der Waals surface area contributed by atoms with Crippen LogP contribution in [-0.4, -0.2) is 15.0 Å². The van der Waals surface area contributed by atoms with Gasteiger partial charge in [-0.2, -0.15) is 5.26 Å². The first-order valence-electron chi connectivity index (χ1n) is 5.85. The molecule has 0 fully saturated rings. The van der Waals surface area contributed by atoms with E-state index in [0.29, 0.717) is 5.82 Å². The first kappa shape index (κ1) is 12.2. The molecule has 0 N–H and O–H groups in total. The lowest BCUT2D eigenvalue weighted by Crippen LogP contribution is -2.09. The van der Waals surface area contributed by atoms with Crippen LogP contribution in [0.4, 0.5) is 0 Å². The average molecular weight is 238 g/mol. The highest BCUT2D eigenvalue weighted by Crippen LogP contribution is 2.22. The summed E-state index contributed by atoms with van der Waals surface area (Å²) in [6.45, 7) is 3.99. The fourth-order valence-corrected chi connectivity index (χ4v) is 1.71. The summed E-state index contributed by atoms with van der Waals surface area (Å²) in [4.78, 5) is 12.7. The van der Waals surface area contributed by atoms with Gasteiger partial charge in [-0.1, -0.05) is 13.8 Å². The molecule has 0 aliphatic carbocycles. The summed E-state index contributed by atoms with van der Waals surface area (Å²) in [5.74, 6) is 0.510. The summed E-state index contributed by atoms with van der Waals surface area (Å²) in [6.07, 6.45) is 5.15. The first-order chi connectivity index (χ1) is 8.72. The fourth-order valence-electron chi connectivity index (χ4n) is 1.71. The molecule has 1 unspecified atom stereocenters. The van der Waals surface area contributed by atoms with Crippen LogP contribution < -0.4 is 0 Å². The molecule has 4 heteroatoms. The summed E-state index contributed by atoms with van der Waals surface area (Å²) >= 11 is 0. The normalized spacial score (nSPS) is 12.1. The van der Waals surface area contributed by atoms with Gasteiger partial charge in [-0.25, -0.2) is 9.97 Å². The molecule has 0 amide bonds. The number of hydrogen-bond donors (Lipinski definition) is 0. The van der Waals surface area contributed by atoms with Gasteiger partial charge < -0.3 is 0 Å². The molecule has 1 atom stereocenters. The molecule has 18 heavy (non-hydrogen) atoms. The molecule has 0 aliphatic rings. The Bertz CT molecular complexity index is 558. The number of pyridine rings is 1. The third-order valence-electron chi connectivity index (χ3n) is 2.73. The van der Waals surface area contributed by atoms with E-state index in [2.05, 4.69) is 21.0 Å². The Morgan fingerprint density at radius 3 is 2.44 bits per heavy atom. The van der Waals surface area contributed by atoms with Gasteiger partial charge in [0.2, 0.25) is 0 Å². The second-order valence-electron chi connectivity index (χ2n) is 4.39. The summed E-state index contributed by atoms with van der Waals surface area (Å²) in [7, 11) is 0. The van der Waals surface area contributed by atoms with E-state index in [1.54, 1.807) is 18.6 Å². The second kappa shape index (κ2) is 5.37. The van der Waals surface area contributed by atoms with Crippen LogP contribution in [0.5, 0.6) is 0 Å². The van der Waals surface area contributed by atoms with Crippen molar-refractivity contribution in [2.45, 2.75) is 19.8 Å². The third kappa shape index (κ3) is 2.51. The van der Waals surface area contributed by atoms with Gasteiger partial charge in [0.05, 0.1) is 11.8 Å². The molecule has 0 aromatic carbocycles. The van der Waals surface area contributed by atoms with E-state index in [-0.39, 0.29) is 11.8 Å². The lowest BCUT2D eigenvalue weighted by Gasteiger charge is -2.12. The van der Waals surface area contributed by atoms with E-state index < -0.39 is 0 Å². The zero-order chi connectivity index (χ0) is 13.0. The average Bonchev–Trinajstić information content (AvgIpc) is 2.40. The van der Waals surface area contributed by atoms with Crippen LogP contribution in [0, 0.1) is 17.2 Å². The molecule has 2 aromatic heterocycles. The molecule has 90 valence electrons. The minimum atomic E-state index is -0.271. The molecule has 0 saturated carbocycles. The molecular formula is C14H14N4. The smallest absolute Gasteiger partial charge is 0.146 e. The summed E-state index contributed by atoms with van der Waals surface area (Å²) in [5, 5.41) is 9.17. The summed E-state index contributed by atoms with van der Waals surface area (Å²) < 4.78 is 0. The summed E-state index contributed by atoms with van der Waals surface area (Å²) in [6, 6.07) is 7.88. The zero-order valence-corrected chi connectivity index (χ0v) is 10.4. The maximum Gasteiger partial charge on any atom is 0.146 e. The van der Waals surface area contributed by atoms with Gasteiger partial charge in [0.1, 0.15) is 11.7 Å². The number of nitrogens with zero attached hydrogens (tertiary/aromatic N) is 4. The Hall–Kier alpha value is -2.28. The SMILES string of the molecule is CC(C)C(C#N)c1nccc(-c2ccncc2)n1. The van der Waals surface area contributed by atoms with Crippen molar-refractivity contribution >= 4 is 0 Å². The van der Waals surface area contributed by atoms with E-state index >= 15 is 0 Å². The molecule has 0 saturated heterocycles. The van der Waals surface area contributed by atoms with Crippen molar-refractivity contribution < 1.29 is 0 Å². The first-order valence-corrected chi connectivity index (χ1v) is 5.85. The second-order valence-corrected chi connectivity index (χ2v) is 4.39. The van der Waals surface area contributed by atoms with Crippen LogP contribution in [0.3, 0.4) is 0 Å². The van der Waals surface area contributed by atoms with Gasteiger partial charge in [-0.05, 0) is 24.1 Å². The molecule has 0 bridgehead atoms. The van der Waals surface area contributed by atoms with Crippen molar-refractivity contribution in [2.24, 2.45) is 5.92 Å². The van der Waals surface area contributed by atoms with Crippen LogP contribution in [0.25, 0.3) is 11.3 Å². The molecule has 0 radical (unpaired) electrons. The van der Waals surface area contributed by atoms with E-state index in [9.17, 15) is 5.26 Å². The van der Waals surface area contributed by atoms with Gasteiger partial charge in [0, 0.05) is 24.2 Å². The standard InChI is InChI=1S/C14H14N4/c1-10(2)12(9-15)14-17-8-5-13(18-14)11-3-6-16-7-4-11/h3-8,10,12H,1-2H3. The molecule has 0 aliphatic heterocycles. The maximum absolute atomic E-state index is 9.17. The summed E-state index contributed by atoms with van der Waals surface area (Å²) in [5.41, 5.74) is 1.80. The minimum Gasteiger partial charge on any atom is -0.265 e. The zero-order valence-electron chi connectivity index (χ0n) is 10.4. The van der Waals surface area contributed by atoms with Crippen LogP contribution in [0.1, 0.15) is 25.6 Å². The van der Waals surface area contributed by atoms with Gasteiger partial charge in [-0.3, -0.25) is 4.98 Å². The third-order valence-corrected chi connectivity index (χ3v) is 2.73. The highest BCUT2D eigenvalue weighted by molar-refractivity contribution is 5.57. The minimum absolute atomic E-state index is 0.197. The highest BCUT2D eigenvalue weighted by Gasteiger charge is 2.18. The van der Waals surface area contributed by atoms with Crippen LogP contribution in [0.2, 0.25) is 0 Å². The molecule has 2 heterocycles. The molecule has 2 aromatic rings. The van der Waals surface area contributed by atoms with Gasteiger partial charge in [0.25, 0.3) is 0 Å². The highest BCUT2D eigenvalue weighted by atomic mass is 14.9. The quantitative estimate of drug-likeness (QED) is 0.824. The molecule has 4 nitrogen and oxygen atoms in total. The Balaban J connectivity index is 2.40.